The molecule has 2 N–H and O–H groups in total. The lowest BCUT2D eigenvalue weighted by Gasteiger charge is -2.11. The molecule has 0 atom stereocenters. The van der Waals surface area contributed by atoms with Gasteiger partial charge in [0.2, 0.25) is 0 Å². The van der Waals surface area contributed by atoms with Gasteiger partial charge in [0, 0.05) is 26.8 Å². The Kier molecular flexibility index (Phi) is 7.85. The van der Waals surface area contributed by atoms with Crippen LogP contribution < -0.4 is 10.6 Å². The molecule has 0 spiro atoms. The van der Waals surface area contributed by atoms with Crippen LogP contribution in [0.5, 0.6) is 0 Å². The highest BCUT2D eigenvalue weighted by Gasteiger charge is 1.97. The largest absolute Gasteiger partial charge is 0.385 e. The Morgan fingerprint density at radius 3 is 2.65 bits per heavy atom. The number of hydrogen-bond donors (Lipinski definition) is 2. The third-order valence-corrected chi connectivity index (χ3v) is 2.66. The molecule has 0 unspecified atom stereocenters. The molecule has 0 fully saturated rings. The first kappa shape index (κ1) is 16.0. The number of methoxy groups -OCH3 is 1. The lowest BCUT2D eigenvalue weighted by Crippen LogP contribution is -2.38. The van der Waals surface area contributed by atoms with Gasteiger partial charge in [-0.05, 0) is 31.0 Å². The van der Waals surface area contributed by atoms with Crippen LogP contribution in [0.4, 0.5) is 0 Å². The van der Waals surface area contributed by atoms with Crippen LogP contribution in [-0.2, 0) is 11.3 Å². The molecular weight excluding hydrogens is 252 g/mol. The minimum atomic E-state index is 0.589. The molecule has 0 aliphatic rings. The molecule has 0 bridgehead atoms. The average molecular weight is 274 g/mol. The normalized spacial score (nSPS) is 10.9. The van der Waals surface area contributed by atoms with Gasteiger partial charge in [-0.3, -0.25) is 0 Å². The van der Waals surface area contributed by atoms with Gasteiger partial charge in [-0.25, -0.2) is 4.99 Å². The lowest BCUT2D eigenvalue weighted by atomic mass is 10.1. The summed E-state index contributed by atoms with van der Waals surface area (Å²) >= 11 is 0. The first-order valence-electron chi connectivity index (χ1n) is 6.80. The molecule has 1 aromatic carbocycles. The van der Waals surface area contributed by atoms with Crippen LogP contribution in [0.2, 0.25) is 0 Å². The molecular formula is C15H22N4O. The van der Waals surface area contributed by atoms with Gasteiger partial charge in [-0.1, -0.05) is 12.1 Å². The number of nitrogens with zero attached hydrogens (tertiary/aromatic N) is 2. The van der Waals surface area contributed by atoms with E-state index in [9.17, 15) is 0 Å². The molecule has 20 heavy (non-hydrogen) atoms. The molecule has 1 rings (SSSR count). The Morgan fingerprint density at radius 1 is 1.30 bits per heavy atom. The summed E-state index contributed by atoms with van der Waals surface area (Å²) in [6.45, 7) is 5.01. The Bertz CT molecular complexity index is 448. The van der Waals surface area contributed by atoms with Gasteiger partial charge in [0.25, 0.3) is 0 Å². The number of aliphatic imine (C=N–C) groups is 1. The van der Waals surface area contributed by atoms with Gasteiger partial charge in [0.05, 0.1) is 18.2 Å². The molecule has 108 valence electrons. The highest BCUT2D eigenvalue weighted by Crippen LogP contribution is 2.04. The zero-order chi connectivity index (χ0) is 14.6. The van der Waals surface area contributed by atoms with Crippen molar-refractivity contribution >= 4 is 5.96 Å². The summed E-state index contributed by atoms with van der Waals surface area (Å²) in [6, 6.07) is 9.58. The molecule has 0 saturated carbocycles. The van der Waals surface area contributed by atoms with Crippen LogP contribution in [0, 0.1) is 11.3 Å². The van der Waals surface area contributed by atoms with E-state index in [1.165, 1.54) is 0 Å². The SMILES string of the molecule is CCNC(=NCc1ccc(C#N)cc1)NCCCOC. The third-order valence-electron chi connectivity index (χ3n) is 2.66. The van der Waals surface area contributed by atoms with E-state index in [0.717, 1.165) is 37.6 Å². The van der Waals surface area contributed by atoms with E-state index in [1.54, 1.807) is 7.11 Å². The summed E-state index contributed by atoms with van der Waals surface area (Å²) in [5.41, 5.74) is 1.75. The predicted octanol–water partition coefficient (Wildman–Crippen LogP) is 1.65. The fourth-order valence-electron chi connectivity index (χ4n) is 1.62. The molecule has 0 aromatic heterocycles. The van der Waals surface area contributed by atoms with Crippen molar-refractivity contribution in [3.05, 3.63) is 35.4 Å². The molecule has 0 aliphatic heterocycles. The van der Waals surface area contributed by atoms with Crippen LogP contribution in [0.25, 0.3) is 0 Å². The van der Waals surface area contributed by atoms with E-state index in [1.807, 2.05) is 31.2 Å². The van der Waals surface area contributed by atoms with Crippen molar-refractivity contribution in [3.8, 4) is 6.07 Å². The van der Waals surface area contributed by atoms with E-state index in [2.05, 4.69) is 21.7 Å². The lowest BCUT2D eigenvalue weighted by molar-refractivity contribution is 0.195. The Balaban J connectivity index is 2.50. The maximum absolute atomic E-state index is 8.75. The maximum Gasteiger partial charge on any atom is 0.191 e. The van der Waals surface area contributed by atoms with Gasteiger partial charge in [0.1, 0.15) is 0 Å². The summed E-state index contributed by atoms with van der Waals surface area (Å²) in [5.74, 6) is 0.799. The zero-order valence-corrected chi connectivity index (χ0v) is 12.1. The second-order valence-electron chi connectivity index (χ2n) is 4.28. The number of guanidine groups is 1. The number of ether oxygens (including phenoxy) is 1. The van der Waals surface area contributed by atoms with Gasteiger partial charge in [-0.15, -0.1) is 0 Å². The maximum atomic E-state index is 8.75. The number of rotatable bonds is 7. The number of benzene rings is 1. The van der Waals surface area contributed by atoms with Gasteiger partial charge >= 0.3 is 0 Å². The first-order chi connectivity index (χ1) is 9.80. The summed E-state index contributed by atoms with van der Waals surface area (Å²) in [4.78, 5) is 4.51. The van der Waals surface area contributed by atoms with Gasteiger partial charge in [0.15, 0.2) is 5.96 Å². The highest BCUT2D eigenvalue weighted by atomic mass is 16.5. The zero-order valence-electron chi connectivity index (χ0n) is 12.1. The van der Waals surface area contributed by atoms with Crippen molar-refractivity contribution in [1.82, 2.24) is 10.6 Å². The van der Waals surface area contributed by atoms with Crippen molar-refractivity contribution in [2.45, 2.75) is 19.9 Å². The Labute approximate surface area is 120 Å². The van der Waals surface area contributed by atoms with Gasteiger partial charge in [-0.2, -0.15) is 5.26 Å². The predicted molar refractivity (Wildman–Crippen MR) is 80.5 cm³/mol. The van der Waals surface area contributed by atoms with Crippen LogP contribution in [0.1, 0.15) is 24.5 Å². The summed E-state index contributed by atoms with van der Waals surface area (Å²) in [7, 11) is 1.70. The minimum Gasteiger partial charge on any atom is -0.385 e. The molecule has 0 aliphatic carbocycles. The molecule has 5 heteroatoms. The Morgan fingerprint density at radius 2 is 2.05 bits per heavy atom. The van der Waals surface area contributed by atoms with Crippen molar-refractivity contribution in [3.63, 3.8) is 0 Å². The minimum absolute atomic E-state index is 0.589. The first-order valence-corrected chi connectivity index (χ1v) is 6.80. The van der Waals surface area contributed by atoms with Crippen molar-refractivity contribution in [1.29, 1.82) is 5.26 Å². The van der Waals surface area contributed by atoms with E-state index in [0.29, 0.717) is 12.1 Å². The third kappa shape index (κ3) is 6.21. The van der Waals surface area contributed by atoms with E-state index >= 15 is 0 Å². The van der Waals surface area contributed by atoms with Crippen molar-refractivity contribution < 1.29 is 4.74 Å². The van der Waals surface area contributed by atoms with Crippen LogP contribution in [0.15, 0.2) is 29.3 Å². The highest BCUT2D eigenvalue weighted by molar-refractivity contribution is 5.79. The van der Waals surface area contributed by atoms with E-state index in [-0.39, 0.29) is 0 Å². The molecule has 1 aromatic rings. The van der Waals surface area contributed by atoms with Crippen LogP contribution in [0.3, 0.4) is 0 Å². The number of nitrogens with one attached hydrogen (secondary N) is 2. The Hall–Kier alpha value is -2.06. The number of nitriles is 1. The average Bonchev–Trinajstić information content (AvgIpc) is 2.49. The second-order valence-corrected chi connectivity index (χ2v) is 4.28. The topological polar surface area (TPSA) is 69.4 Å². The smallest absolute Gasteiger partial charge is 0.191 e. The molecule has 0 heterocycles. The van der Waals surface area contributed by atoms with E-state index < -0.39 is 0 Å². The molecule has 0 saturated heterocycles. The van der Waals surface area contributed by atoms with Gasteiger partial charge < -0.3 is 15.4 Å². The quantitative estimate of drug-likeness (QED) is 0.450. The van der Waals surface area contributed by atoms with Crippen LogP contribution >= 0.6 is 0 Å². The fourth-order valence-corrected chi connectivity index (χ4v) is 1.62. The fraction of sp³-hybridized carbons (Fsp3) is 0.467. The number of hydrogen-bond acceptors (Lipinski definition) is 3. The summed E-state index contributed by atoms with van der Waals surface area (Å²) in [5, 5.41) is 15.2. The monoisotopic (exact) mass is 274 g/mol. The second kappa shape index (κ2) is 9.82. The van der Waals surface area contributed by atoms with Crippen molar-refractivity contribution in [2.75, 3.05) is 26.8 Å². The van der Waals surface area contributed by atoms with E-state index in [4.69, 9.17) is 10.00 Å². The van der Waals surface area contributed by atoms with Crippen molar-refractivity contribution in [2.24, 2.45) is 4.99 Å². The molecule has 5 nitrogen and oxygen atoms in total. The standard InChI is InChI=1S/C15H22N4O/c1-3-17-15(18-9-4-10-20-2)19-12-14-7-5-13(11-16)6-8-14/h5-8H,3-4,9-10,12H2,1-2H3,(H2,17,18,19). The summed E-state index contributed by atoms with van der Waals surface area (Å²) in [6.07, 6.45) is 0.942. The summed E-state index contributed by atoms with van der Waals surface area (Å²) < 4.78 is 5.01. The molecule has 0 amide bonds. The van der Waals surface area contributed by atoms with Crippen LogP contribution in [-0.4, -0.2) is 32.8 Å². The molecule has 0 radical (unpaired) electrons.